The molecule has 0 saturated carbocycles. The summed E-state index contributed by atoms with van der Waals surface area (Å²) in [7, 11) is 0. The van der Waals surface area contributed by atoms with E-state index >= 15 is 0 Å². The van der Waals surface area contributed by atoms with Crippen LogP contribution in [0.15, 0.2) is 10.5 Å². The maximum atomic E-state index is 11.3. The Kier molecular flexibility index (Phi) is 3.75. The molecule has 1 unspecified atom stereocenters. The van der Waals surface area contributed by atoms with Crippen molar-refractivity contribution in [3.8, 4) is 10.8 Å². The zero-order chi connectivity index (χ0) is 16.9. The van der Waals surface area contributed by atoms with E-state index in [-0.39, 0.29) is 11.9 Å². The van der Waals surface area contributed by atoms with Crippen LogP contribution >= 0.6 is 11.3 Å². The maximum Gasteiger partial charge on any atom is 0.257 e. The first-order chi connectivity index (χ1) is 11.4. The molecule has 0 spiro atoms. The summed E-state index contributed by atoms with van der Waals surface area (Å²) in [5.41, 5.74) is 1.79. The van der Waals surface area contributed by atoms with Gasteiger partial charge in [-0.05, 0) is 48.6 Å². The average Bonchev–Trinajstić information content (AvgIpc) is 3.23. The molecule has 3 heterocycles. The van der Waals surface area contributed by atoms with Gasteiger partial charge in [-0.25, -0.2) is 0 Å². The normalized spacial score (nSPS) is 24.0. The number of fused-ring (bicyclic) bond motifs is 1. The molecule has 1 aliphatic carbocycles. The van der Waals surface area contributed by atoms with Gasteiger partial charge in [0.2, 0.25) is 11.8 Å². The topological polar surface area (TPSA) is 68.0 Å². The highest BCUT2D eigenvalue weighted by molar-refractivity contribution is 7.15. The molecular formula is C18H23N3O2S. The molecule has 5 nitrogen and oxygen atoms in total. The van der Waals surface area contributed by atoms with Crippen molar-refractivity contribution < 1.29 is 9.21 Å². The van der Waals surface area contributed by atoms with Crippen LogP contribution in [0.4, 0.5) is 0 Å². The highest BCUT2D eigenvalue weighted by Crippen LogP contribution is 2.42. The van der Waals surface area contributed by atoms with Gasteiger partial charge in [0.05, 0.1) is 4.88 Å². The van der Waals surface area contributed by atoms with Gasteiger partial charge in [0.25, 0.3) is 5.89 Å². The van der Waals surface area contributed by atoms with Gasteiger partial charge >= 0.3 is 0 Å². The SMILES string of the molecule is CC(C)(C)C1CCc2sc(-c3nnc([C@@H]4CCC(=O)N4)o3)cc2C1. The molecule has 0 bridgehead atoms. The predicted molar refractivity (Wildman–Crippen MR) is 92.7 cm³/mol. The minimum Gasteiger partial charge on any atom is -0.418 e. The van der Waals surface area contributed by atoms with Gasteiger partial charge in [-0.3, -0.25) is 4.79 Å². The third kappa shape index (κ3) is 2.88. The van der Waals surface area contributed by atoms with Gasteiger partial charge in [-0.1, -0.05) is 20.8 Å². The Morgan fingerprint density at radius 2 is 2.08 bits per heavy atom. The van der Waals surface area contributed by atoms with Crippen molar-refractivity contribution in [2.45, 2.75) is 58.9 Å². The Balaban J connectivity index is 1.55. The molecule has 1 amide bonds. The Morgan fingerprint density at radius 1 is 1.25 bits per heavy atom. The van der Waals surface area contributed by atoms with Crippen LogP contribution in [0.5, 0.6) is 0 Å². The number of carbonyl (C=O) groups is 1. The number of aromatic nitrogens is 2. The zero-order valence-corrected chi connectivity index (χ0v) is 15.2. The average molecular weight is 345 g/mol. The lowest BCUT2D eigenvalue weighted by molar-refractivity contribution is -0.119. The molecule has 6 heteroatoms. The molecule has 1 N–H and O–H groups in total. The number of hydrogen-bond acceptors (Lipinski definition) is 5. The Hall–Kier alpha value is -1.69. The van der Waals surface area contributed by atoms with Crippen molar-refractivity contribution in [3.63, 3.8) is 0 Å². The minimum absolute atomic E-state index is 0.0551. The largest absolute Gasteiger partial charge is 0.418 e. The van der Waals surface area contributed by atoms with E-state index in [0.29, 0.717) is 23.6 Å². The molecule has 1 aliphatic heterocycles. The van der Waals surface area contributed by atoms with E-state index in [1.54, 1.807) is 11.3 Å². The third-order valence-electron chi connectivity index (χ3n) is 5.25. The molecule has 1 saturated heterocycles. The van der Waals surface area contributed by atoms with E-state index in [0.717, 1.165) is 30.1 Å². The fraction of sp³-hybridized carbons (Fsp3) is 0.611. The van der Waals surface area contributed by atoms with Crippen molar-refractivity contribution in [3.05, 3.63) is 22.4 Å². The standard InChI is InChI=1S/C18H23N3O2S/c1-18(2,3)11-4-6-13-10(8-11)9-14(24-13)17-21-20-16(23-17)12-5-7-15(22)19-12/h9,11-12H,4-8H2,1-3H3,(H,19,22)/t11?,12-/m0/s1. The summed E-state index contributed by atoms with van der Waals surface area (Å²) in [6, 6.07) is 2.10. The third-order valence-corrected chi connectivity index (χ3v) is 6.48. The lowest BCUT2D eigenvalue weighted by atomic mass is 9.72. The van der Waals surface area contributed by atoms with Crippen LogP contribution in [0.25, 0.3) is 10.8 Å². The molecule has 128 valence electrons. The molecule has 1 fully saturated rings. The number of carbonyl (C=O) groups excluding carboxylic acids is 1. The molecule has 4 rings (SSSR count). The van der Waals surface area contributed by atoms with E-state index in [2.05, 4.69) is 42.4 Å². The summed E-state index contributed by atoms with van der Waals surface area (Å²) < 4.78 is 5.85. The van der Waals surface area contributed by atoms with Crippen molar-refractivity contribution >= 4 is 17.2 Å². The summed E-state index contributed by atoms with van der Waals surface area (Å²) >= 11 is 1.77. The highest BCUT2D eigenvalue weighted by atomic mass is 32.1. The Labute approximate surface area is 145 Å². The first-order valence-electron chi connectivity index (χ1n) is 8.65. The van der Waals surface area contributed by atoms with Gasteiger partial charge < -0.3 is 9.73 Å². The molecule has 2 atom stereocenters. The number of rotatable bonds is 2. The fourth-order valence-corrected chi connectivity index (χ4v) is 4.77. The second kappa shape index (κ2) is 5.69. The lowest BCUT2D eigenvalue weighted by Gasteiger charge is -2.33. The lowest BCUT2D eigenvalue weighted by Crippen LogP contribution is -2.26. The van der Waals surface area contributed by atoms with E-state index in [1.165, 1.54) is 16.9 Å². The second-order valence-electron chi connectivity index (χ2n) is 7.97. The van der Waals surface area contributed by atoms with E-state index in [9.17, 15) is 4.79 Å². The summed E-state index contributed by atoms with van der Waals surface area (Å²) in [6.07, 6.45) is 4.79. The van der Waals surface area contributed by atoms with Crippen LogP contribution in [0, 0.1) is 11.3 Å². The van der Waals surface area contributed by atoms with Crippen LogP contribution in [-0.4, -0.2) is 16.1 Å². The van der Waals surface area contributed by atoms with Crippen molar-refractivity contribution in [2.24, 2.45) is 11.3 Å². The van der Waals surface area contributed by atoms with E-state index in [1.807, 2.05) is 0 Å². The Bertz CT molecular complexity index is 772. The Morgan fingerprint density at radius 3 is 2.79 bits per heavy atom. The predicted octanol–water partition coefficient (Wildman–Crippen LogP) is 3.90. The van der Waals surface area contributed by atoms with Gasteiger partial charge in [-0.15, -0.1) is 21.5 Å². The second-order valence-corrected chi connectivity index (χ2v) is 9.11. The van der Waals surface area contributed by atoms with Crippen molar-refractivity contribution in [1.29, 1.82) is 0 Å². The fourth-order valence-electron chi connectivity index (χ4n) is 3.64. The van der Waals surface area contributed by atoms with Crippen LogP contribution < -0.4 is 5.32 Å². The zero-order valence-electron chi connectivity index (χ0n) is 14.4. The van der Waals surface area contributed by atoms with Gasteiger partial charge in [-0.2, -0.15) is 0 Å². The molecule has 2 aliphatic rings. The van der Waals surface area contributed by atoms with Crippen LogP contribution in [0.2, 0.25) is 0 Å². The van der Waals surface area contributed by atoms with Crippen molar-refractivity contribution in [2.75, 3.05) is 0 Å². The number of nitrogens with one attached hydrogen (secondary N) is 1. The maximum absolute atomic E-state index is 11.3. The summed E-state index contributed by atoms with van der Waals surface area (Å²) in [4.78, 5) is 13.9. The van der Waals surface area contributed by atoms with Crippen molar-refractivity contribution in [1.82, 2.24) is 15.5 Å². The molecule has 0 radical (unpaired) electrons. The number of thiophene rings is 1. The summed E-state index contributed by atoms with van der Waals surface area (Å²) in [6.45, 7) is 6.99. The molecule has 2 aromatic heterocycles. The van der Waals surface area contributed by atoms with Crippen LogP contribution in [0.3, 0.4) is 0 Å². The minimum atomic E-state index is -0.126. The van der Waals surface area contributed by atoms with Crippen LogP contribution in [-0.2, 0) is 17.6 Å². The number of aryl methyl sites for hydroxylation is 1. The molecule has 2 aromatic rings. The monoisotopic (exact) mass is 345 g/mol. The van der Waals surface area contributed by atoms with E-state index < -0.39 is 0 Å². The number of amides is 1. The summed E-state index contributed by atoms with van der Waals surface area (Å²) in [5, 5.41) is 11.2. The van der Waals surface area contributed by atoms with Gasteiger partial charge in [0.1, 0.15) is 6.04 Å². The number of nitrogens with zero attached hydrogens (tertiary/aromatic N) is 2. The van der Waals surface area contributed by atoms with Gasteiger partial charge in [0, 0.05) is 11.3 Å². The van der Waals surface area contributed by atoms with E-state index in [4.69, 9.17) is 4.42 Å². The van der Waals surface area contributed by atoms with Crippen LogP contribution in [0.1, 0.15) is 62.4 Å². The number of hydrogen-bond donors (Lipinski definition) is 1. The quantitative estimate of drug-likeness (QED) is 0.896. The molecular weight excluding hydrogens is 322 g/mol. The first-order valence-corrected chi connectivity index (χ1v) is 9.46. The molecule has 24 heavy (non-hydrogen) atoms. The highest BCUT2D eigenvalue weighted by Gasteiger charge is 2.31. The molecule has 0 aromatic carbocycles. The summed E-state index contributed by atoms with van der Waals surface area (Å²) in [5.74, 6) is 1.88. The van der Waals surface area contributed by atoms with Gasteiger partial charge in [0.15, 0.2) is 0 Å². The first kappa shape index (κ1) is 15.8. The smallest absolute Gasteiger partial charge is 0.257 e.